The van der Waals surface area contributed by atoms with Crippen molar-refractivity contribution in [3.05, 3.63) is 42.5 Å². The Hall–Kier alpha value is -1.46. The lowest BCUT2D eigenvalue weighted by atomic mass is 9.75. The average Bonchev–Trinajstić information content (AvgIpc) is 3.40. The molecule has 1 aromatic rings. The molecule has 2 bridgehead atoms. The van der Waals surface area contributed by atoms with E-state index >= 15 is 0 Å². The van der Waals surface area contributed by atoms with E-state index in [4.69, 9.17) is 9.47 Å². The highest BCUT2D eigenvalue weighted by Crippen LogP contribution is 2.61. The maximum Gasteiger partial charge on any atom is 0.313 e. The van der Waals surface area contributed by atoms with Gasteiger partial charge in [-0.1, -0.05) is 57.5 Å². The van der Waals surface area contributed by atoms with Gasteiger partial charge in [-0.3, -0.25) is 9.00 Å². The Labute approximate surface area is 181 Å². The zero-order valence-corrected chi connectivity index (χ0v) is 18.8. The Morgan fingerprint density at radius 2 is 1.90 bits per heavy atom. The fraction of sp³-hybridized carbons (Fsp3) is 0.640. The van der Waals surface area contributed by atoms with Crippen LogP contribution >= 0.6 is 0 Å². The fourth-order valence-electron chi connectivity index (χ4n) is 6.48. The van der Waals surface area contributed by atoms with Gasteiger partial charge < -0.3 is 9.47 Å². The molecule has 1 aliphatic heterocycles. The van der Waals surface area contributed by atoms with Crippen molar-refractivity contribution in [3.8, 4) is 0 Å². The van der Waals surface area contributed by atoms with Crippen molar-refractivity contribution in [1.29, 1.82) is 0 Å². The van der Waals surface area contributed by atoms with Crippen LogP contribution in [0, 0.1) is 35.5 Å². The number of rotatable bonds is 5. The molecule has 2 saturated carbocycles. The van der Waals surface area contributed by atoms with Crippen LogP contribution < -0.4 is 0 Å². The third-order valence-corrected chi connectivity index (χ3v) is 10.1. The molecule has 1 unspecified atom stereocenters. The number of cyclic esters (lactones) is 1. The maximum absolute atomic E-state index is 14.1. The van der Waals surface area contributed by atoms with E-state index in [2.05, 4.69) is 32.9 Å². The monoisotopic (exact) mass is 428 g/mol. The normalized spacial score (nSPS) is 43.1. The molecule has 5 rings (SSSR count). The van der Waals surface area contributed by atoms with E-state index in [0.717, 1.165) is 24.2 Å². The molecular weight excluding hydrogens is 396 g/mol. The van der Waals surface area contributed by atoms with Crippen LogP contribution in [0.1, 0.15) is 46.5 Å². The molecule has 3 fully saturated rings. The zero-order valence-electron chi connectivity index (χ0n) is 18.0. The van der Waals surface area contributed by atoms with Crippen LogP contribution in [-0.2, 0) is 25.1 Å². The van der Waals surface area contributed by atoms with E-state index in [9.17, 15) is 9.00 Å². The fourth-order valence-corrected chi connectivity index (χ4v) is 8.52. The quantitative estimate of drug-likeness (QED) is 0.503. The van der Waals surface area contributed by atoms with Crippen LogP contribution in [-0.4, -0.2) is 27.3 Å². The Kier molecular flexibility index (Phi) is 5.18. The van der Waals surface area contributed by atoms with E-state index in [1.165, 1.54) is 6.42 Å². The largest absolute Gasteiger partial charge is 0.434 e. The molecule has 9 atom stereocenters. The zero-order chi connectivity index (χ0) is 21.0. The minimum atomic E-state index is -1.39. The first-order valence-corrected chi connectivity index (χ1v) is 12.6. The number of allylic oxidation sites excluding steroid dienone is 2. The van der Waals surface area contributed by atoms with Gasteiger partial charge in [0.25, 0.3) is 0 Å². The lowest BCUT2D eigenvalue weighted by Crippen LogP contribution is -2.54. The average molecular weight is 429 g/mol. The van der Waals surface area contributed by atoms with Crippen LogP contribution in [0.2, 0.25) is 0 Å². The summed E-state index contributed by atoms with van der Waals surface area (Å²) in [5.41, 5.74) is 0. The Morgan fingerprint density at radius 1 is 1.13 bits per heavy atom. The number of esters is 1. The predicted octanol–water partition coefficient (Wildman–Crippen LogP) is 4.72. The van der Waals surface area contributed by atoms with Crippen molar-refractivity contribution in [3.63, 3.8) is 0 Å². The molecule has 30 heavy (non-hydrogen) atoms. The highest BCUT2D eigenvalue weighted by atomic mass is 32.2. The van der Waals surface area contributed by atoms with E-state index in [-0.39, 0.29) is 29.8 Å². The highest BCUT2D eigenvalue weighted by molar-refractivity contribution is 7.86. The van der Waals surface area contributed by atoms with Crippen molar-refractivity contribution in [1.82, 2.24) is 0 Å². The van der Waals surface area contributed by atoms with Crippen molar-refractivity contribution in [2.75, 3.05) is 0 Å². The summed E-state index contributed by atoms with van der Waals surface area (Å²) in [6.45, 7) is 6.77. The molecule has 3 aliphatic carbocycles. The molecule has 4 nitrogen and oxygen atoms in total. The van der Waals surface area contributed by atoms with Gasteiger partial charge in [0, 0.05) is 10.8 Å². The molecule has 162 valence electrons. The summed E-state index contributed by atoms with van der Waals surface area (Å²) in [5.74, 6) is 1.08. The van der Waals surface area contributed by atoms with Gasteiger partial charge in [0.1, 0.15) is 4.75 Å². The molecule has 1 saturated heterocycles. The maximum atomic E-state index is 14.1. The van der Waals surface area contributed by atoms with Crippen LogP contribution in [0.15, 0.2) is 47.4 Å². The van der Waals surface area contributed by atoms with Crippen molar-refractivity contribution >= 4 is 16.8 Å². The predicted molar refractivity (Wildman–Crippen MR) is 116 cm³/mol. The van der Waals surface area contributed by atoms with Gasteiger partial charge in [-0.05, 0) is 55.1 Å². The summed E-state index contributed by atoms with van der Waals surface area (Å²) < 4.78 is 25.9. The van der Waals surface area contributed by atoms with Gasteiger partial charge in [0.15, 0.2) is 0 Å². The molecule has 5 heteroatoms. The van der Waals surface area contributed by atoms with E-state index in [1.54, 1.807) is 0 Å². The van der Waals surface area contributed by atoms with Crippen molar-refractivity contribution < 1.29 is 18.5 Å². The minimum Gasteiger partial charge on any atom is -0.434 e. The SMILES string of the molecule is CC(C)[C@@H]1CC[C@@H](C)C[C@H]1O[C@H]1OC(=O)[C@H]2[C@@H]3C=C[C@@H](C3)[C@@]12S(=O)c1ccccc1. The van der Waals surface area contributed by atoms with Crippen LogP contribution in [0.4, 0.5) is 0 Å². The second kappa shape index (κ2) is 7.59. The number of fused-ring (bicyclic) bond motifs is 5. The van der Waals surface area contributed by atoms with Gasteiger partial charge in [-0.2, -0.15) is 0 Å². The molecule has 4 aliphatic rings. The second-order valence-corrected chi connectivity index (χ2v) is 11.8. The molecule has 0 spiro atoms. The van der Waals surface area contributed by atoms with Crippen LogP contribution in [0.3, 0.4) is 0 Å². The number of hydrogen-bond donors (Lipinski definition) is 0. The Bertz CT molecular complexity index is 865. The first-order valence-electron chi connectivity index (χ1n) is 11.4. The number of ether oxygens (including phenoxy) is 2. The first-order chi connectivity index (χ1) is 14.4. The smallest absolute Gasteiger partial charge is 0.313 e. The summed E-state index contributed by atoms with van der Waals surface area (Å²) in [5, 5.41) is 0. The first kappa shape index (κ1) is 20.4. The van der Waals surface area contributed by atoms with Crippen LogP contribution in [0.5, 0.6) is 0 Å². The molecule has 0 N–H and O–H groups in total. The summed E-state index contributed by atoms with van der Waals surface area (Å²) in [4.78, 5) is 13.8. The van der Waals surface area contributed by atoms with E-state index in [1.807, 2.05) is 30.3 Å². The van der Waals surface area contributed by atoms with E-state index < -0.39 is 21.8 Å². The third kappa shape index (κ3) is 2.96. The van der Waals surface area contributed by atoms with Gasteiger partial charge in [-0.25, -0.2) is 0 Å². The lowest BCUT2D eigenvalue weighted by molar-refractivity contribution is -0.194. The molecule has 0 radical (unpaired) electrons. The third-order valence-electron chi connectivity index (χ3n) is 7.99. The number of carbonyl (C=O) groups is 1. The van der Waals surface area contributed by atoms with Crippen molar-refractivity contribution in [2.24, 2.45) is 35.5 Å². The number of benzene rings is 1. The topological polar surface area (TPSA) is 52.6 Å². The number of hydrogen-bond acceptors (Lipinski definition) is 4. The Morgan fingerprint density at radius 3 is 2.63 bits per heavy atom. The van der Waals surface area contributed by atoms with Gasteiger partial charge >= 0.3 is 5.97 Å². The second-order valence-electron chi connectivity index (χ2n) is 10.1. The highest BCUT2D eigenvalue weighted by Gasteiger charge is 2.73. The summed E-state index contributed by atoms with van der Waals surface area (Å²) in [6, 6.07) is 9.55. The standard InChI is InChI=1S/C25H32O4S/c1-15(2)20-12-9-16(3)13-21(20)28-24-25(30(27)19-7-5-4-6-8-19)18-11-10-17(14-18)22(25)23(26)29-24/h4-8,10-11,15-18,20-22,24H,9,12-14H2,1-3H3/t16-,17-,18+,20+,21-,22-,24+,25+,30?/m1/s1. The molecular formula is C25H32O4S. The molecule has 1 heterocycles. The summed E-state index contributed by atoms with van der Waals surface area (Å²) >= 11 is 0. The Balaban J connectivity index is 1.53. The minimum absolute atomic E-state index is 0.0399. The lowest BCUT2D eigenvalue weighted by Gasteiger charge is -2.42. The van der Waals surface area contributed by atoms with Crippen LogP contribution in [0.25, 0.3) is 0 Å². The molecule has 0 amide bonds. The molecule has 0 aromatic heterocycles. The number of carbonyl (C=O) groups excluding carboxylic acids is 1. The van der Waals surface area contributed by atoms with Crippen molar-refractivity contribution in [2.45, 2.75) is 68.5 Å². The summed E-state index contributed by atoms with van der Waals surface area (Å²) in [6.07, 6.45) is 7.76. The van der Waals surface area contributed by atoms with Gasteiger partial charge in [0.05, 0.1) is 22.8 Å². The van der Waals surface area contributed by atoms with Gasteiger partial charge in [-0.15, -0.1) is 0 Å². The molecule has 1 aromatic carbocycles. The summed E-state index contributed by atoms with van der Waals surface area (Å²) in [7, 11) is -1.39. The van der Waals surface area contributed by atoms with Gasteiger partial charge in [0.2, 0.25) is 6.29 Å². The van der Waals surface area contributed by atoms with E-state index in [0.29, 0.717) is 17.8 Å².